The Kier molecular flexibility index (Phi) is 10.9. The van der Waals surface area contributed by atoms with Gasteiger partial charge in [0.25, 0.3) is 21.5 Å². The van der Waals surface area contributed by atoms with Gasteiger partial charge in [0.05, 0.1) is 58.3 Å². The quantitative estimate of drug-likeness (QED) is 0.177. The van der Waals surface area contributed by atoms with E-state index >= 15 is 0 Å². The first-order valence-electron chi connectivity index (χ1n) is 17.4. The predicted octanol–water partition coefficient (Wildman–Crippen LogP) is 3.78. The molecule has 1 saturated heterocycles. The molecule has 0 bridgehead atoms. The second-order valence-electron chi connectivity index (χ2n) is 13.0. The summed E-state index contributed by atoms with van der Waals surface area (Å²) in [5.41, 5.74) is 1.08. The summed E-state index contributed by atoms with van der Waals surface area (Å²) in [6.07, 6.45) is -0.268. The zero-order valence-electron chi connectivity index (χ0n) is 30.1. The van der Waals surface area contributed by atoms with E-state index in [1.165, 1.54) is 35.5 Å². The van der Waals surface area contributed by atoms with Gasteiger partial charge in [-0.25, -0.2) is 26.9 Å². The number of sulfonamides is 1. The summed E-state index contributed by atoms with van der Waals surface area (Å²) in [5.74, 6) is -3.04. The van der Waals surface area contributed by atoms with E-state index < -0.39 is 56.6 Å². The largest absolute Gasteiger partial charge is 0.378 e. The van der Waals surface area contributed by atoms with Gasteiger partial charge in [-0.15, -0.1) is 0 Å². The molecule has 0 radical (unpaired) electrons. The average Bonchev–Trinajstić information content (AvgIpc) is 3.56. The van der Waals surface area contributed by atoms with Crippen molar-refractivity contribution >= 4 is 60.9 Å². The van der Waals surface area contributed by atoms with Crippen LogP contribution in [0.15, 0.2) is 88.7 Å². The van der Waals surface area contributed by atoms with E-state index in [0.717, 1.165) is 17.8 Å². The Bertz CT molecular complexity index is 2650. The lowest BCUT2D eigenvalue weighted by Gasteiger charge is -2.29. The SMILES string of the molecule is CNS(=O)(=O)c1nn(C)c2c(-n3c([C@H](Cc4cc(F)cc(F)c4)NC(=O)CNC(=O)c4ccccc4)nc4cc(N5CCOCC5)ccc4c3=O)ccc(Cl)c12. The number of morpholine rings is 1. The monoisotopic (exact) mass is 804 g/mol. The van der Waals surface area contributed by atoms with Crippen LogP contribution in [0.25, 0.3) is 27.5 Å². The van der Waals surface area contributed by atoms with Crippen molar-refractivity contribution in [2.75, 3.05) is 44.8 Å². The van der Waals surface area contributed by atoms with Gasteiger partial charge in [-0.2, -0.15) is 5.10 Å². The number of carbonyl (C=O) groups is 2. The van der Waals surface area contributed by atoms with Crippen LogP contribution >= 0.6 is 11.6 Å². The van der Waals surface area contributed by atoms with Crippen molar-refractivity contribution in [3.63, 3.8) is 0 Å². The number of aromatic nitrogens is 4. The minimum absolute atomic E-state index is 0.0121. The molecule has 0 saturated carbocycles. The highest BCUT2D eigenvalue weighted by Gasteiger charge is 2.30. The predicted molar refractivity (Wildman–Crippen MR) is 206 cm³/mol. The first-order valence-corrected chi connectivity index (χ1v) is 19.3. The Morgan fingerprint density at radius 3 is 2.39 bits per heavy atom. The third-order valence-electron chi connectivity index (χ3n) is 9.36. The maximum Gasteiger partial charge on any atom is 0.266 e. The molecule has 290 valence electrons. The molecule has 1 fully saturated rings. The van der Waals surface area contributed by atoms with Gasteiger partial charge in [0.2, 0.25) is 10.9 Å². The molecule has 18 heteroatoms. The Hall–Kier alpha value is -5.75. The number of ether oxygens (including phenoxy) is 1. The number of hydrogen-bond acceptors (Lipinski definition) is 9. The van der Waals surface area contributed by atoms with E-state index in [9.17, 15) is 31.6 Å². The van der Waals surface area contributed by atoms with Crippen LogP contribution < -0.4 is 25.8 Å². The fourth-order valence-electron chi connectivity index (χ4n) is 6.73. The second kappa shape index (κ2) is 15.8. The lowest BCUT2D eigenvalue weighted by Crippen LogP contribution is -2.41. The molecule has 56 heavy (non-hydrogen) atoms. The molecule has 1 aliphatic heterocycles. The molecular weight excluding hydrogens is 770 g/mol. The summed E-state index contributed by atoms with van der Waals surface area (Å²) in [6.45, 7) is 1.68. The molecule has 3 N–H and O–H groups in total. The standard InChI is InChI=1S/C38H35ClF2N8O6S/c1-42-56(53,54)37-33-28(39)10-11-31(34(33)47(2)46-37)49-35(45-29-20-26(8-9-27(29)38(49)52)48-12-14-55-15-13-48)30(18-22-16-24(40)19-25(41)17-22)44-32(50)21-43-36(51)23-6-4-3-5-7-23/h3-11,16-17,19-20,30,42H,12-15,18,21H2,1-2H3,(H,43,51)(H,44,50)/t30-/m0/s1. The van der Waals surface area contributed by atoms with E-state index in [0.29, 0.717) is 37.9 Å². The second-order valence-corrected chi connectivity index (χ2v) is 15.2. The Labute approximate surface area is 324 Å². The number of benzene rings is 4. The lowest BCUT2D eigenvalue weighted by atomic mass is 10.0. The molecule has 7 rings (SSSR count). The molecule has 6 aromatic rings. The minimum atomic E-state index is -4.16. The van der Waals surface area contributed by atoms with Gasteiger partial charge in [-0.05, 0) is 67.2 Å². The summed E-state index contributed by atoms with van der Waals surface area (Å²) in [5, 5.41) is 9.45. The van der Waals surface area contributed by atoms with Crippen molar-refractivity contribution in [3.8, 4) is 5.69 Å². The maximum atomic E-state index is 14.9. The summed E-state index contributed by atoms with van der Waals surface area (Å²) in [7, 11) is -1.45. The van der Waals surface area contributed by atoms with E-state index in [2.05, 4.69) is 25.4 Å². The van der Waals surface area contributed by atoms with Crippen molar-refractivity contribution < 1.29 is 31.5 Å². The summed E-state index contributed by atoms with van der Waals surface area (Å²) in [4.78, 5) is 48.4. The molecule has 1 atom stereocenters. The minimum Gasteiger partial charge on any atom is -0.378 e. The summed E-state index contributed by atoms with van der Waals surface area (Å²) in [6, 6.07) is 17.9. The van der Waals surface area contributed by atoms with Crippen LogP contribution in [0.3, 0.4) is 0 Å². The van der Waals surface area contributed by atoms with E-state index in [4.69, 9.17) is 21.3 Å². The van der Waals surface area contributed by atoms with Crippen molar-refractivity contribution in [2.24, 2.45) is 7.05 Å². The van der Waals surface area contributed by atoms with Crippen LogP contribution in [0.5, 0.6) is 0 Å². The molecule has 1 aliphatic rings. The van der Waals surface area contributed by atoms with E-state index in [1.54, 1.807) is 48.5 Å². The van der Waals surface area contributed by atoms with Crippen molar-refractivity contribution in [1.82, 2.24) is 34.7 Å². The molecule has 4 aromatic carbocycles. The van der Waals surface area contributed by atoms with Crippen molar-refractivity contribution in [3.05, 3.63) is 123 Å². The number of rotatable bonds is 11. The molecule has 3 heterocycles. The number of nitrogens with one attached hydrogen (secondary N) is 3. The van der Waals surface area contributed by atoms with Crippen LogP contribution in [-0.4, -0.2) is 79.5 Å². The molecule has 0 spiro atoms. The van der Waals surface area contributed by atoms with Crippen molar-refractivity contribution in [1.29, 1.82) is 0 Å². The van der Waals surface area contributed by atoms with E-state index in [-0.39, 0.29) is 50.3 Å². The third kappa shape index (κ3) is 7.70. The fourth-order valence-corrected chi connectivity index (χ4v) is 7.93. The van der Waals surface area contributed by atoms with Crippen LogP contribution in [0, 0.1) is 11.6 Å². The zero-order valence-corrected chi connectivity index (χ0v) is 31.6. The number of aryl methyl sites for hydroxylation is 1. The van der Waals surface area contributed by atoms with Crippen molar-refractivity contribution in [2.45, 2.75) is 17.5 Å². The topological polar surface area (TPSA) is 170 Å². The van der Waals surface area contributed by atoms with Crippen LogP contribution in [-0.2, 0) is 33.0 Å². The molecule has 2 amide bonds. The van der Waals surface area contributed by atoms with Gasteiger partial charge < -0.3 is 20.3 Å². The highest BCUT2D eigenvalue weighted by Crippen LogP contribution is 2.35. The van der Waals surface area contributed by atoms with Gasteiger partial charge in [0.15, 0.2) is 0 Å². The third-order valence-corrected chi connectivity index (χ3v) is 11.0. The normalized spacial score (nSPS) is 13.9. The van der Waals surface area contributed by atoms with E-state index in [1.807, 2.05) is 0 Å². The number of fused-ring (bicyclic) bond motifs is 2. The number of anilines is 1. The number of halogens is 3. The van der Waals surface area contributed by atoms with Gasteiger partial charge in [-0.3, -0.25) is 23.6 Å². The average molecular weight is 805 g/mol. The molecule has 14 nitrogen and oxygen atoms in total. The van der Waals surface area contributed by atoms with Gasteiger partial charge in [0.1, 0.15) is 17.5 Å². The highest BCUT2D eigenvalue weighted by molar-refractivity contribution is 7.89. The molecule has 0 unspecified atom stereocenters. The van der Waals surface area contributed by atoms with Gasteiger partial charge in [-0.1, -0.05) is 29.8 Å². The Morgan fingerprint density at radius 2 is 1.70 bits per heavy atom. The van der Waals surface area contributed by atoms with Gasteiger partial charge in [0, 0.05) is 43.9 Å². The van der Waals surface area contributed by atoms with Gasteiger partial charge >= 0.3 is 0 Å². The Morgan fingerprint density at radius 1 is 0.982 bits per heavy atom. The summed E-state index contributed by atoms with van der Waals surface area (Å²) < 4.78 is 65.6. The summed E-state index contributed by atoms with van der Waals surface area (Å²) >= 11 is 6.61. The Balaban J connectivity index is 1.44. The number of carbonyl (C=O) groups excluding carboxylic acids is 2. The smallest absolute Gasteiger partial charge is 0.266 e. The molecular formula is C38H35ClF2N8O6S. The highest BCUT2D eigenvalue weighted by atomic mass is 35.5. The molecule has 2 aromatic heterocycles. The number of nitrogens with zero attached hydrogens (tertiary/aromatic N) is 5. The lowest BCUT2D eigenvalue weighted by molar-refractivity contribution is -0.120. The number of amides is 2. The maximum absolute atomic E-state index is 14.9. The first kappa shape index (κ1) is 38.5. The molecule has 0 aliphatic carbocycles. The zero-order chi connectivity index (χ0) is 39.7. The van der Waals surface area contributed by atoms with Crippen LogP contribution in [0.1, 0.15) is 27.8 Å². The first-order chi connectivity index (χ1) is 26.8. The number of hydrogen-bond donors (Lipinski definition) is 3. The fraction of sp³-hybridized carbons (Fsp3) is 0.237. The van der Waals surface area contributed by atoms with Crippen LogP contribution in [0.4, 0.5) is 14.5 Å². The van der Waals surface area contributed by atoms with Crippen LogP contribution in [0.2, 0.25) is 5.02 Å².